The maximum absolute atomic E-state index is 12.3. The van der Waals surface area contributed by atoms with E-state index in [1.165, 1.54) is 50.7 Å². The molecule has 0 amide bonds. The number of Topliss-reactive ketones (excluding diaryl/α,β-unsaturated/α-hetero) is 1. The zero-order valence-electron chi connectivity index (χ0n) is 23.9. The van der Waals surface area contributed by atoms with Gasteiger partial charge in [0.2, 0.25) is 0 Å². The third-order valence-corrected chi connectivity index (χ3v) is 9.10. The molecule has 0 radical (unpaired) electrons. The largest absolute Gasteiger partial charge is 0.480 e. The van der Waals surface area contributed by atoms with Gasteiger partial charge in [0.05, 0.1) is 56.9 Å². The number of allylic oxidation sites excluding steroid dienone is 1. The van der Waals surface area contributed by atoms with Gasteiger partial charge < -0.3 is 28.4 Å². The Morgan fingerprint density at radius 3 is 1.93 bits per heavy atom. The number of ketones is 1. The minimum atomic E-state index is -0.583. The number of hydrogen-bond donors (Lipinski definition) is 0. The fraction of sp³-hybridized carbons (Fsp3) is 0.677. The summed E-state index contributed by atoms with van der Waals surface area (Å²) < 4.78 is 33.5. The second-order valence-corrected chi connectivity index (χ2v) is 12.1. The molecule has 0 atom stereocenters. The zero-order valence-corrected chi connectivity index (χ0v) is 25.4. The van der Waals surface area contributed by atoms with Crippen LogP contribution in [0, 0.1) is 17.8 Å². The third kappa shape index (κ3) is 9.15. The van der Waals surface area contributed by atoms with Gasteiger partial charge >= 0.3 is 5.97 Å². The number of carbonyl (C=O) groups excluding carboxylic acids is 2. The van der Waals surface area contributed by atoms with Crippen LogP contribution >= 0.6 is 23.2 Å². The van der Waals surface area contributed by atoms with Gasteiger partial charge in [-0.3, -0.25) is 4.79 Å². The Morgan fingerprint density at radius 1 is 0.829 bits per heavy atom. The molecule has 8 nitrogen and oxygen atoms in total. The van der Waals surface area contributed by atoms with Gasteiger partial charge in [0, 0.05) is 5.56 Å². The Bertz CT molecular complexity index is 1020. The summed E-state index contributed by atoms with van der Waals surface area (Å²) in [7, 11) is 0. The molecule has 41 heavy (non-hydrogen) atoms. The molecule has 1 aromatic carbocycles. The van der Waals surface area contributed by atoms with Crippen LogP contribution in [0.5, 0.6) is 5.75 Å². The van der Waals surface area contributed by atoms with Crippen LogP contribution in [-0.4, -0.2) is 76.8 Å². The average molecular weight is 614 g/mol. The van der Waals surface area contributed by atoms with Gasteiger partial charge in [0.15, 0.2) is 12.4 Å². The highest BCUT2D eigenvalue weighted by Gasteiger charge is 2.51. The Hall–Kier alpha value is -1.68. The molecule has 5 rings (SSSR count). The molecule has 4 bridgehead atoms. The molecule has 10 heteroatoms. The van der Waals surface area contributed by atoms with Gasteiger partial charge in [0.1, 0.15) is 17.4 Å². The first kappa shape index (κ1) is 32.2. The van der Waals surface area contributed by atoms with Gasteiger partial charge in [-0.2, -0.15) is 0 Å². The molecule has 0 heterocycles. The smallest absolute Gasteiger partial charge is 0.344 e. The lowest BCUT2D eigenvalue weighted by atomic mass is 9.54. The van der Waals surface area contributed by atoms with Gasteiger partial charge in [-0.05, 0) is 80.4 Å². The van der Waals surface area contributed by atoms with Crippen molar-refractivity contribution >= 4 is 35.0 Å². The molecule has 228 valence electrons. The van der Waals surface area contributed by atoms with Crippen LogP contribution in [0.1, 0.15) is 62.2 Å². The Kier molecular flexibility index (Phi) is 12.3. The number of halogens is 2. The standard InChI is InChI=1S/C31H42Cl2O8/c1-3-21(2)30(35)25-4-5-26(29(33)28(25)32)40-20-27(34)39-12-10-37-8-6-36-7-9-38-11-13-41-31-17-22-14-23(18-31)16-24(15-22)19-31/h4-5,22-24H,2-3,6-20H2,1H3. The molecule has 1 aromatic rings. The van der Waals surface area contributed by atoms with Crippen LogP contribution in [0.25, 0.3) is 0 Å². The van der Waals surface area contributed by atoms with Gasteiger partial charge in [-0.25, -0.2) is 4.79 Å². The summed E-state index contributed by atoms with van der Waals surface area (Å²) in [6.07, 6.45) is 8.49. The molecule has 0 N–H and O–H groups in total. The van der Waals surface area contributed by atoms with E-state index in [1.807, 2.05) is 6.92 Å². The van der Waals surface area contributed by atoms with Crippen molar-refractivity contribution in [3.63, 3.8) is 0 Å². The fourth-order valence-corrected chi connectivity index (χ4v) is 7.09. The summed E-state index contributed by atoms with van der Waals surface area (Å²) in [5.74, 6) is 1.98. The fourth-order valence-electron chi connectivity index (χ4n) is 6.63. The topological polar surface area (TPSA) is 89.5 Å². The number of benzene rings is 1. The van der Waals surface area contributed by atoms with E-state index in [0.717, 1.165) is 17.8 Å². The van der Waals surface area contributed by atoms with Crippen molar-refractivity contribution in [2.24, 2.45) is 17.8 Å². The van der Waals surface area contributed by atoms with Crippen LogP contribution in [0.2, 0.25) is 10.0 Å². The maximum Gasteiger partial charge on any atom is 0.344 e. The molecule has 0 saturated heterocycles. The van der Waals surface area contributed by atoms with E-state index < -0.39 is 5.97 Å². The van der Waals surface area contributed by atoms with Gasteiger partial charge in [-0.15, -0.1) is 0 Å². The Morgan fingerprint density at radius 2 is 1.37 bits per heavy atom. The predicted octanol–water partition coefficient (Wildman–Crippen LogP) is 6.10. The monoisotopic (exact) mass is 612 g/mol. The van der Waals surface area contributed by atoms with Crippen molar-refractivity contribution in [2.45, 2.75) is 57.5 Å². The van der Waals surface area contributed by atoms with Crippen LogP contribution in [0.15, 0.2) is 24.3 Å². The molecule has 0 aliphatic heterocycles. The summed E-state index contributed by atoms with van der Waals surface area (Å²) in [6.45, 7) is 8.57. The van der Waals surface area contributed by atoms with Crippen molar-refractivity contribution in [1.82, 2.24) is 0 Å². The average Bonchev–Trinajstić information content (AvgIpc) is 2.94. The highest BCUT2D eigenvalue weighted by Crippen LogP contribution is 2.57. The summed E-state index contributed by atoms with van der Waals surface area (Å²) in [5.41, 5.74) is 0.796. The lowest BCUT2D eigenvalue weighted by Gasteiger charge is -2.56. The molecule has 0 spiro atoms. The molecule has 0 unspecified atom stereocenters. The Labute approximate surface area is 252 Å². The minimum Gasteiger partial charge on any atom is -0.480 e. The summed E-state index contributed by atoms with van der Waals surface area (Å²) >= 11 is 12.4. The summed E-state index contributed by atoms with van der Waals surface area (Å²) in [4.78, 5) is 24.3. The lowest BCUT2D eigenvalue weighted by Crippen LogP contribution is -2.52. The van der Waals surface area contributed by atoms with E-state index in [-0.39, 0.29) is 52.6 Å². The quantitative estimate of drug-likeness (QED) is 0.0801. The minimum absolute atomic E-state index is 0.0498. The number of ether oxygens (including phenoxy) is 6. The highest BCUT2D eigenvalue weighted by atomic mass is 35.5. The Balaban J connectivity index is 0.961. The van der Waals surface area contributed by atoms with Crippen molar-refractivity contribution in [3.8, 4) is 5.75 Å². The lowest BCUT2D eigenvalue weighted by molar-refractivity contribution is -0.169. The van der Waals surface area contributed by atoms with Crippen LogP contribution in [-0.2, 0) is 28.5 Å². The molecule has 4 saturated carbocycles. The van der Waals surface area contributed by atoms with Crippen molar-refractivity contribution in [2.75, 3.05) is 59.5 Å². The summed E-state index contributed by atoms with van der Waals surface area (Å²) in [5, 5.41) is 0.106. The molecular formula is C31H42Cl2O8. The molecule has 4 aliphatic rings. The van der Waals surface area contributed by atoms with E-state index in [9.17, 15) is 9.59 Å². The number of rotatable bonds is 19. The second-order valence-electron chi connectivity index (χ2n) is 11.3. The maximum atomic E-state index is 12.3. The zero-order chi connectivity index (χ0) is 29.2. The molecular weight excluding hydrogens is 571 g/mol. The van der Waals surface area contributed by atoms with Crippen LogP contribution < -0.4 is 4.74 Å². The van der Waals surface area contributed by atoms with E-state index in [0.29, 0.717) is 51.6 Å². The van der Waals surface area contributed by atoms with Crippen LogP contribution in [0.4, 0.5) is 0 Å². The van der Waals surface area contributed by atoms with E-state index >= 15 is 0 Å². The van der Waals surface area contributed by atoms with Crippen LogP contribution in [0.3, 0.4) is 0 Å². The number of esters is 1. The van der Waals surface area contributed by atoms with Crippen molar-refractivity contribution in [3.05, 3.63) is 39.9 Å². The summed E-state index contributed by atoms with van der Waals surface area (Å²) in [6, 6.07) is 2.99. The highest BCUT2D eigenvalue weighted by molar-refractivity contribution is 6.45. The van der Waals surface area contributed by atoms with Crippen molar-refractivity contribution in [1.29, 1.82) is 0 Å². The second kappa shape index (κ2) is 15.7. The molecule has 4 aliphatic carbocycles. The first-order chi connectivity index (χ1) is 19.8. The van der Waals surface area contributed by atoms with E-state index in [1.54, 1.807) is 0 Å². The SMILES string of the molecule is C=C(CC)C(=O)c1ccc(OCC(=O)OCCOCCOCCOCCOC23CC4CC(CC(C4)C2)C3)c(Cl)c1Cl. The van der Waals surface area contributed by atoms with E-state index in [2.05, 4.69) is 6.58 Å². The van der Waals surface area contributed by atoms with E-state index in [4.69, 9.17) is 51.6 Å². The van der Waals surface area contributed by atoms with Gasteiger partial charge in [0.25, 0.3) is 0 Å². The van der Waals surface area contributed by atoms with Crippen molar-refractivity contribution < 1.29 is 38.0 Å². The third-order valence-electron chi connectivity index (χ3n) is 8.24. The number of hydrogen-bond acceptors (Lipinski definition) is 8. The van der Waals surface area contributed by atoms with Gasteiger partial charge in [-0.1, -0.05) is 36.7 Å². The normalized spacial score (nSPS) is 24.4. The molecule has 4 fully saturated rings. The predicted molar refractivity (Wildman–Crippen MR) is 156 cm³/mol. The molecule has 0 aromatic heterocycles. The first-order valence-corrected chi connectivity index (χ1v) is 15.4. The first-order valence-electron chi connectivity index (χ1n) is 14.7. The number of carbonyl (C=O) groups is 2.